The van der Waals surface area contributed by atoms with Crippen molar-refractivity contribution in [1.29, 1.82) is 0 Å². The first-order chi connectivity index (χ1) is 9.18. The summed E-state index contributed by atoms with van der Waals surface area (Å²) in [5, 5.41) is 13.4. The average Bonchev–Trinajstić information content (AvgIpc) is 2.44. The molecule has 1 unspecified atom stereocenters. The number of para-hydroxylation sites is 1. The van der Waals surface area contributed by atoms with Crippen LogP contribution < -0.4 is 5.32 Å². The van der Waals surface area contributed by atoms with Crippen molar-refractivity contribution in [1.82, 2.24) is 10.2 Å². The van der Waals surface area contributed by atoms with Crippen molar-refractivity contribution >= 4 is 0 Å². The Kier molecular flexibility index (Phi) is 5.23. The number of benzene rings is 1. The van der Waals surface area contributed by atoms with Gasteiger partial charge in [0.05, 0.1) is 0 Å². The van der Waals surface area contributed by atoms with E-state index in [1.54, 1.807) is 0 Å². The van der Waals surface area contributed by atoms with Crippen LogP contribution in [0.15, 0.2) is 18.2 Å². The van der Waals surface area contributed by atoms with Gasteiger partial charge in [-0.1, -0.05) is 24.6 Å². The molecule has 1 fully saturated rings. The second-order valence-corrected chi connectivity index (χ2v) is 5.66. The molecule has 0 amide bonds. The lowest BCUT2D eigenvalue weighted by atomic mass is 10.1. The normalized spacial score (nSPS) is 18.4. The van der Waals surface area contributed by atoms with E-state index in [2.05, 4.69) is 17.1 Å². The molecule has 0 bridgehead atoms. The molecular formula is C16H26N2O. The molecule has 0 saturated carbocycles. The first kappa shape index (κ1) is 14.4. The Balaban J connectivity index is 1.78. The SMILES string of the molecule is Cc1cccc(CNCC(C)N2CCCCC2)c1O. The van der Waals surface area contributed by atoms with Gasteiger partial charge in [-0.05, 0) is 45.3 Å². The number of hydrogen-bond donors (Lipinski definition) is 2. The molecule has 0 aromatic heterocycles. The van der Waals surface area contributed by atoms with Crippen molar-refractivity contribution < 1.29 is 5.11 Å². The number of rotatable bonds is 5. The summed E-state index contributed by atoms with van der Waals surface area (Å²) in [4.78, 5) is 2.56. The minimum absolute atomic E-state index is 0.431. The maximum absolute atomic E-state index is 9.96. The Bertz CT molecular complexity index is 400. The minimum atomic E-state index is 0.431. The number of hydrogen-bond acceptors (Lipinski definition) is 3. The highest BCUT2D eigenvalue weighted by molar-refractivity contribution is 5.39. The summed E-state index contributed by atoms with van der Waals surface area (Å²) >= 11 is 0. The maximum atomic E-state index is 9.96. The molecule has 106 valence electrons. The van der Waals surface area contributed by atoms with Gasteiger partial charge in [-0.3, -0.25) is 4.90 Å². The zero-order valence-corrected chi connectivity index (χ0v) is 12.2. The molecule has 1 heterocycles. The monoisotopic (exact) mass is 262 g/mol. The summed E-state index contributed by atoms with van der Waals surface area (Å²) in [5.41, 5.74) is 1.94. The number of aryl methyl sites for hydroxylation is 1. The third kappa shape index (κ3) is 3.95. The quantitative estimate of drug-likeness (QED) is 0.856. The number of likely N-dealkylation sites (tertiary alicyclic amines) is 1. The van der Waals surface area contributed by atoms with Gasteiger partial charge in [-0.15, -0.1) is 0 Å². The molecule has 3 heteroatoms. The second-order valence-electron chi connectivity index (χ2n) is 5.66. The van der Waals surface area contributed by atoms with Crippen molar-refractivity contribution in [3.63, 3.8) is 0 Å². The van der Waals surface area contributed by atoms with Crippen LogP contribution in [0.1, 0.15) is 37.3 Å². The largest absolute Gasteiger partial charge is 0.507 e. The van der Waals surface area contributed by atoms with Gasteiger partial charge in [0.1, 0.15) is 5.75 Å². The van der Waals surface area contributed by atoms with Crippen LogP contribution in [-0.4, -0.2) is 35.7 Å². The predicted octanol–water partition coefficient (Wildman–Crippen LogP) is 2.66. The van der Waals surface area contributed by atoms with E-state index in [0.29, 0.717) is 11.8 Å². The molecule has 2 rings (SSSR count). The van der Waals surface area contributed by atoms with Gasteiger partial charge in [0.2, 0.25) is 0 Å². The highest BCUT2D eigenvalue weighted by atomic mass is 16.3. The van der Waals surface area contributed by atoms with Gasteiger partial charge in [0.15, 0.2) is 0 Å². The molecule has 1 aromatic rings. The first-order valence-electron chi connectivity index (χ1n) is 7.40. The molecule has 1 aliphatic rings. The van der Waals surface area contributed by atoms with Crippen LogP contribution in [0.3, 0.4) is 0 Å². The second kappa shape index (κ2) is 6.92. The molecule has 0 spiro atoms. The Morgan fingerprint density at radius 2 is 2.00 bits per heavy atom. The van der Waals surface area contributed by atoms with Gasteiger partial charge in [0.25, 0.3) is 0 Å². The molecule has 3 nitrogen and oxygen atoms in total. The van der Waals surface area contributed by atoms with Gasteiger partial charge in [0, 0.05) is 24.7 Å². The summed E-state index contributed by atoms with van der Waals surface area (Å²) in [5.74, 6) is 0.431. The third-order valence-corrected chi connectivity index (χ3v) is 4.09. The Morgan fingerprint density at radius 3 is 2.74 bits per heavy atom. The van der Waals surface area contributed by atoms with E-state index in [4.69, 9.17) is 0 Å². The van der Waals surface area contributed by atoms with E-state index in [1.165, 1.54) is 32.4 Å². The van der Waals surface area contributed by atoms with E-state index in [0.717, 1.165) is 24.2 Å². The van der Waals surface area contributed by atoms with Gasteiger partial charge < -0.3 is 10.4 Å². The molecule has 0 radical (unpaired) electrons. The maximum Gasteiger partial charge on any atom is 0.122 e. The van der Waals surface area contributed by atoms with Crippen LogP contribution in [0.25, 0.3) is 0 Å². The molecule has 1 saturated heterocycles. The average molecular weight is 262 g/mol. The van der Waals surface area contributed by atoms with Crippen molar-refractivity contribution in [2.24, 2.45) is 0 Å². The molecule has 1 atom stereocenters. The number of nitrogens with zero attached hydrogens (tertiary/aromatic N) is 1. The smallest absolute Gasteiger partial charge is 0.122 e. The number of phenols is 1. The van der Waals surface area contributed by atoms with Crippen molar-refractivity contribution in [2.45, 2.75) is 45.7 Å². The molecule has 1 aliphatic heterocycles. The Hall–Kier alpha value is -1.06. The number of phenolic OH excluding ortho intramolecular Hbond substituents is 1. The number of piperidine rings is 1. The van der Waals surface area contributed by atoms with Crippen LogP contribution >= 0.6 is 0 Å². The van der Waals surface area contributed by atoms with E-state index in [-0.39, 0.29) is 0 Å². The third-order valence-electron chi connectivity index (χ3n) is 4.09. The van der Waals surface area contributed by atoms with E-state index < -0.39 is 0 Å². The topological polar surface area (TPSA) is 35.5 Å². The van der Waals surface area contributed by atoms with E-state index in [9.17, 15) is 5.11 Å². The van der Waals surface area contributed by atoms with Crippen molar-refractivity contribution in [3.8, 4) is 5.75 Å². The fourth-order valence-electron chi connectivity index (χ4n) is 2.77. The minimum Gasteiger partial charge on any atom is -0.507 e. The molecular weight excluding hydrogens is 236 g/mol. The lowest BCUT2D eigenvalue weighted by molar-refractivity contribution is 0.170. The zero-order chi connectivity index (χ0) is 13.7. The summed E-state index contributed by atoms with van der Waals surface area (Å²) in [6, 6.07) is 6.50. The molecule has 0 aliphatic carbocycles. The van der Waals surface area contributed by atoms with Crippen molar-refractivity contribution in [2.75, 3.05) is 19.6 Å². The lowest BCUT2D eigenvalue weighted by Gasteiger charge is -2.32. The number of nitrogens with one attached hydrogen (secondary N) is 1. The fraction of sp³-hybridized carbons (Fsp3) is 0.625. The summed E-state index contributed by atoms with van der Waals surface area (Å²) in [6.07, 6.45) is 4.06. The molecule has 1 aromatic carbocycles. The zero-order valence-electron chi connectivity index (χ0n) is 12.2. The number of aromatic hydroxyl groups is 1. The van der Waals surface area contributed by atoms with Gasteiger partial charge in [-0.25, -0.2) is 0 Å². The lowest BCUT2D eigenvalue weighted by Crippen LogP contribution is -2.42. The van der Waals surface area contributed by atoms with Crippen molar-refractivity contribution in [3.05, 3.63) is 29.3 Å². The van der Waals surface area contributed by atoms with Crippen LogP contribution in [0, 0.1) is 6.92 Å². The highest BCUT2D eigenvalue weighted by Gasteiger charge is 2.16. The van der Waals surface area contributed by atoms with Crippen LogP contribution in [0.4, 0.5) is 0 Å². The van der Waals surface area contributed by atoms with E-state index >= 15 is 0 Å². The van der Waals surface area contributed by atoms with Crippen LogP contribution in [-0.2, 0) is 6.54 Å². The standard InChI is InChI=1S/C16H26N2O/c1-13-7-6-8-15(16(13)19)12-17-11-14(2)18-9-4-3-5-10-18/h6-8,14,17,19H,3-5,9-12H2,1-2H3. The summed E-state index contributed by atoms with van der Waals surface area (Å²) in [6.45, 7) is 8.42. The van der Waals surface area contributed by atoms with Gasteiger partial charge >= 0.3 is 0 Å². The predicted molar refractivity (Wildman–Crippen MR) is 79.4 cm³/mol. The Morgan fingerprint density at radius 1 is 1.26 bits per heavy atom. The molecule has 19 heavy (non-hydrogen) atoms. The van der Waals surface area contributed by atoms with Gasteiger partial charge in [-0.2, -0.15) is 0 Å². The fourth-order valence-corrected chi connectivity index (χ4v) is 2.77. The Labute approximate surface area is 116 Å². The summed E-state index contributed by atoms with van der Waals surface area (Å²) in [7, 11) is 0. The van der Waals surface area contributed by atoms with Crippen LogP contribution in [0.5, 0.6) is 5.75 Å². The van der Waals surface area contributed by atoms with Crippen LogP contribution in [0.2, 0.25) is 0 Å². The highest BCUT2D eigenvalue weighted by Crippen LogP contribution is 2.21. The molecule has 2 N–H and O–H groups in total. The first-order valence-corrected chi connectivity index (χ1v) is 7.40. The van der Waals surface area contributed by atoms with E-state index in [1.807, 2.05) is 25.1 Å². The summed E-state index contributed by atoms with van der Waals surface area (Å²) < 4.78 is 0.